The van der Waals surface area contributed by atoms with Gasteiger partial charge in [-0.05, 0) is 60.8 Å². The SMILES string of the molecule is COc1ccc(-c2ccc(C3CCC(/C=C/c4ccc(C5CO5)c(F)c4F)CC3)c(F)c2F)cc1. The number of ether oxygens (including phenoxy) is 2. The normalized spacial score (nSPS) is 21.9. The second-order valence-corrected chi connectivity index (χ2v) is 9.22. The van der Waals surface area contributed by atoms with E-state index in [0.717, 1.165) is 12.8 Å². The maximum Gasteiger partial charge on any atom is 0.166 e. The Hall–Kier alpha value is -3.12. The summed E-state index contributed by atoms with van der Waals surface area (Å²) in [6.45, 7) is 0.420. The number of allylic oxidation sites excluding steroid dienone is 1. The van der Waals surface area contributed by atoms with Crippen LogP contribution in [0.3, 0.4) is 0 Å². The molecule has 3 aromatic carbocycles. The van der Waals surface area contributed by atoms with E-state index in [4.69, 9.17) is 9.47 Å². The Labute approximate surface area is 202 Å². The first-order chi connectivity index (χ1) is 17.0. The van der Waals surface area contributed by atoms with Gasteiger partial charge < -0.3 is 9.47 Å². The molecule has 1 saturated carbocycles. The molecule has 1 heterocycles. The van der Waals surface area contributed by atoms with Gasteiger partial charge in [0.15, 0.2) is 23.3 Å². The summed E-state index contributed by atoms with van der Waals surface area (Å²) in [4.78, 5) is 0. The van der Waals surface area contributed by atoms with Crippen LogP contribution in [0.5, 0.6) is 5.75 Å². The van der Waals surface area contributed by atoms with Gasteiger partial charge in [-0.1, -0.05) is 48.6 Å². The van der Waals surface area contributed by atoms with Gasteiger partial charge in [-0.25, -0.2) is 17.6 Å². The van der Waals surface area contributed by atoms with Crippen molar-refractivity contribution in [1.29, 1.82) is 0 Å². The van der Waals surface area contributed by atoms with E-state index in [1.54, 1.807) is 61.7 Å². The number of halogens is 4. The lowest BCUT2D eigenvalue weighted by atomic mass is 9.78. The third-order valence-electron chi connectivity index (χ3n) is 7.10. The highest BCUT2D eigenvalue weighted by Crippen LogP contribution is 2.40. The topological polar surface area (TPSA) is 21.8 Å². The molecule has 3 aromatic rings. The largest absolute Gasteiger partial charge is 0.497 e. The van der Waals surface area contributed by atoms with Crippen molar-refractivity contribution < 1.29 is 27.0 Å². The molecule has 0 amide bonds. The Morgan fingerprint density at radius 2 is 1.43 bits per heavy atom. The van der Waals surface area contributed by atoms with Crippen LogP contribution in [0, 0.1) is 29.2 Å². The average Bonchev–Trinajstić information content (AvgIpc) is 3.72. The van der Waals surface area contributed by atoms with Crippen molar-refractivity contribution >= 4 is 6.08 Å². The van der Waals surface area contributed by atoms with E-state index in [1.807, 2.05) is 6.08 Å². The molecule has 6 heteroatoms. The van der Waals surface area contributed by atoms with E-state index in [9.17, 15) is 13.2 Å². The van der Waals surface area contributed by atoms with Crippen molar-refractivity contribution in [2.45, 2.75) is 37.7 Å². The van der Waals surface area contributed by atoms with Crippen LogP contribution in [0.4, 0.5) is 17.6 Å². The molecule has 0 radical (unpaired) electrons. The molecular weight excluding hydrogens is 456 g/mol. The summed E-state index contributed by atoms with van der Waals surface area (Å²) in [5, 5.41) is 0. The number of hydrogen-bond donors (Lipinski definition) is 0. The second kappa shape index (κ2) is 9.86. The lowest BCUT2D eigenvalue weighted by molar-refractivity contribution is 0.365. The summed E-state index contributed by atoms with van der Waals surface area (Å²) >= 11 is 0. The standard InChI is InChI=1S/C29H26F4O2/c1-34-21-11-8-19(9-12-21)23-15-14-22(27(31)28(23)32)18-5-2-17(3-6-18)4-7-20-10-13-24(25-16-35-25)29(33)26(20)30/h4,7-15,17-18,25H,2-3,5-6,16H2,1H3/b7-4+. The molecule has 0 aromatic heterocycles. The van der Waals surface area contributed by atoms with Gasteiger partial charge in [-0.2, -0.15) is 0 Å². The number of hydrogen-bond acceptors (Lipinski definition) is 2. The van der Waals surface area contributed by atoms with Crippen LogP contribution in [0.1, 0.15) is 54.4 Å². The van der Waals surface area contributed by atoms with Crippen LogP contribution in [-0.4, -0.2) is 13.7 Å². The highest BCUT2D eigenvalue weighted by molar-refractivity contribution is 5.65. The molecular formula is C29H26F4O2. The number of benzene rings is 3. The molecule has 5 rings (SSSR count). The van der Waals surface area contributed by atoms with Crippen molar-refractivity contribution in [1.82, 2.24) is 0 Å². The zero-order chi connectivity index (χ0) is 24.5. The molecule has 35 heavy (non-hydrogen) atoms. The minimum atomic E-state index is -0.863. The maximum atomic E-state index is 15.0. The van der Waals surface area contributed by atoms with Crippen LogP contribution < -0.4 is 4.74 Å². The van der Waals surface area contributed by atoms with Crippen molar-refractivity contribution in [3.63, 3.8) is 0 Å². The predicted octanol–water partition coefficient (Wildman–Crippen LogP) is 7.98. The number of rotatable bonds is 6. The summed E-state index contributed by atoms with van der Waals surface area (Å²) in [5.41, 5.74) is 1.67. The van der Waals surface area contributed by atoms with Crippen molar-refractivity contribution in [3.05, 3.63) is 94.6 Å². The lowest BCUT2D eigenvalue weighted by Crippen LogP contribution is -2.13. The quantitative estimate of drug-likeness (QED) is 0.262. The molecule has 0 N–H and O–H groups in total. The summed E-state index contributed by atoms with van der Waals surface area (Å²) < 4.78 is 68.8. The zero-order valence-corrected chi connectivity index (χ0v) is 19.4. The summed E-state index contributed by atoms with van der Waals surface area (Å²) in [7, 11) is 1.55. The van der Waals surface area contributed by atoms with Crippen molar-refractivity contribution in [2.24, 2.45) is 5.92 Å². The fourth-order valence-corrected chi connectivity index (χ4v) is 4.92. The molecule has 1 atom stereocenters. The Kier molecular flexibility index (Phi) is 6.65. The van der Waals surface area contributed by atoms with Crippen LogP contribution in [-0.2, 0) is 4.74 Å². The van der Waals surface area contributed by atoms with Crippen molar-refractivity contribution in [2.75, 3.05) is 13.7 Å². The molecule has 2 nitrogen and oxygen atoms in total. The van der Waals surface area contributed by atoms with Gasteiger partial charge in [0, 0.05) is 16.7 Å². The molecule has 182 valence electrons. The third kappa shape index (κ3) is 4.85. The minimum Gasteiger partial charge on any atom is -0.497 e. The summed E-state index contributed by atoms with van der Waals surface area (Å²) in [5.74, 6) is -2.61. The van der Waals surface area contributed by atoms with Gasteiger partial charge in [0.05, 0.1) is 13.7 Å². The fraction of sp³-hybridized carbons (Fsp3) is 0.310. The maximum absolute atomic E-state index is 15.0. The smallest absolute Gasteiger partial charge is 0.166 e. The van der Waals surface area contributed by atoms with Crippen molar-refractivity contribution in [3.8, 4) is 16.9 Å². The third-order valence-corrected chi connectivity index (χ3v) is 7.10. The minimum absolute atomic E-state index is 0.0777. The van der Waals surface area contributed by atoms with Gasteiger partial charge in [0.25, 0.3) is 0 Å². The average molecular weight is 483 g/mol. The first kappa shape index (κ1) is 23.6. The monoisotopic (exact) mass is 482 g/mol. The molecule has 2 fully saturated rings. The van der Waals surface area contributed by atoms with Gasteiger partial charge >= 0.3 is 0 Å². The van der Waals surface area contributed by atoms with E-state index >= 15 is 4.39 Å². The zero-order valence-electron chi connectivity index (χ0n) is 19.4. The van der Waals surface area contributed by atoms with Crippen LogP contribution in [0.2, 0.25) is 0 Å². The van der Waals surface area contributed by atoms with Gasteiger partial charge in [0.2, 0.25) is 0 Å². The van der Waals surface area contributed by atoms with E-state index in [1.165, 1.54) is 0 Å². The number of epoxide rings is 1. The highest BCUT2D eigenvalue weighted by atomic mass is 19.2. The molecule has 0 bridgehead atoms. The molecule has 2 aliphatic rings. The van der Waals surface area contributed by atoms with Gasteiger partial charge in [-0.15, -0.1) is 0 Å². The highest BCUT2D eigenvalue weighted by Gasteiger charge is 2.30. The Morgan fingerprint density at radius 3 is 2.09 bits per heavy atom. The first-order valence-corrected chi connectivity index (χ1v) is 11.9. The summed E-state index contributed by atoms with van der Waals surface area (Å²) in [6.07, 6.45) is 6.09. The van der Waals surface area contributed by atoms with Crippen LogP contribution >= 0.6 is 0 Å². The van der Waals surface area contributed by atoms with E-state index in [-0.39, 0.29) is 34.6 Å². The lowest BCUT2D eigenvalue weighted by Gasteiger charge is -2.27. The first-order valence-electron chi connectivity index (χ1n) is 11.9. The molecule has 1 saturated heterocycles. The van der Waals surface area contributed by atoms with Crippen LogP contribution in [0.25, 0.3) is 17.2 Å². The molecule has 1 aliphatic heterocycles. The summed E-state index contributed by atoms with van der Waals surface area (Å²) in [6, 6.07) is 13.3. The van der Waals surface area contributed by atoms with E-state index in [2.05, 4.69) is 0 Å². The second-order valence-electron chi connectivity index (χ2n) is 9.22. The van der Waals surface area contributed by atoms with Gasteiger partial charge in [0.1, 0.15) is 11.9 Å². The Bertz CT molecular complexity index is 1240. The van der Waals surface area contributed by atoms with Gasteiger partial charge in [-0.3, -0.25) is 0 Å². The number of methoxy groups -OCH3 is 1. The van der Waals surface area contributed by atoms with Crippen LogP contribution in [0.15, 0.2) is 54.6 Å². The van der Waals surface area contributed by atoms with E-state index in [0.29, 0.717) is 36.3 Å². The fourth-order valence-electron chi connectivity index (χ4n) is 4.92. The molecule has 1 aliphatic carbocycles. The predicted molar refractivity (Wildman–Crippen MR) is 127 cm³/mol. The van der Waals surface area contributed by atoms with E-state index < -0.39 is 23.3 Å². The Balaban J connectivity index is 1.25. The molecule has 1 unspecified atom stereocenters. The molecule has 0 spiro atoms. The Morgan fingerprint density at radius 1 is 0.771 bits per heavy atom.